The van der Waals surface area contributed by atoms with Crippen molar-refractivity contribution in [2.24, 2.45) is 0 Å². The molecule has 0 aromatic heterocycles. The molecule has 0 aromatic rings. The van der Waals surface area contributed by atoms with Gasteiger partial charge in [0.05, 0.1) is 0 Å². The topological polar surface area (TPSA) is 20.2 Å². The van der Waals surface area contributed by atoms with Crippen molar-refractivity contribution >= 4 is 0 Å². The molecule has 0 spiro atoms. The van der Waals surface area contributed by atoms with Crippen LogP contribution in [0, 0.1) is 0 Å². The maximum absolute atomic E-state index is 11.7. The molecule has 1 N–H and O–H groups in total. The molecule has 9 heavy (non-hydrogen) atoms. The molecule has 1 nitrogen and oxygen atoms in total. The summed E-state index contributed by atoms with van der Waals surface area (Å²) in [6.07, 6.45) is -3.28. The number of halogens is 4. The van der Waals surface area contributed by atoms with Gasteiger partial charge in [-0.1, -0.05) is 0 Å². The number of hydrogen-bond donors (Lipinski definition) is 1. The molecule has 5 heteroatoms. The Bertz CT molecular complexity index is 133. The summed E-state index contributed by atoms with van der Waals surface area (Å²) in [7, 11) is 0. The Kier molecular flexibility index (Phi) is 1.05. The van der Waals surface area contributed by atoms with E-state index in [2.05, 4.69) is 0 Å². The molecular formula is C4H4F4O. The highest BCUT2D eigenvalue weighted by atomic mass is 19.3. The molecule has 0 unspecified atom stereocenters. The van der Waals surface area contributed by atoms with E-state index < -0.39 is 24.4 Å². The smallest absolute Gasteiger partial charge is 0.335 e. The summed E-state index contributed by atoms with van der Waals surface area (Å²) in [5, 5.41) is 8.08. The van der Waals surface area contributed by atoms with Crippen molar-refractivity contribution in [3.8, 4) is 0 Å². The maximum Gasteiger partial charge on any atom is 0.335 e. The van der Waals surface area contributed by atoms with Crippen molar-refractivity contribution < 1.29 is 22.7 Å². The molecule has 1 aliphatic carbocycles. The third-order valence-electron chi connectivity index (χ3n) is 1.36. The molecule has 54 valence electrons. The first-order chi connectivity index (χ1) is 3.88. The molecule has 0 aliphatic heterocycles. The number of aliphatic hydroxyl groups is 1. The van der Waals surface area contributed by atoms with Gasteiger partial charge >= 0.3 is 11.8 Å². The van der Waals surface area contributed by atoms with Crippen LogP contribution in [-0.4, -0.2) is 23.1 Å². The molecule has 0 amide bonds. The number of rotatable bonds is 0. The van der Waals surface area contributed by atoms with Crippen LogP contribution in [0.25, 0.3) is 0 Å². The third kappa shape index (κ3) is 0.640. The predicted octanol–water partition coefficient (Wildman–Crippen LogP) is 1.02. The maximum atomic E-state index is 11.7. The molecule has 1 saturated carbocycles. The quantitative estimate of drug-likeness (QED) is 0.503. The Morgan fingerprint density at radius 1 is 1.22 bits per heavy atom. The highest BCUT2D eigenvalue weighted by Gasteiger charge is 2.71. The first kappa shape index (κ1) is 6.80. The summed E-state index contributed by atoms with van der Waals surface area (Å²) in [4.78, 5) is 0. The molecular weight excluding hydrogens is 140 g/mol. The number of aliphatic hydroxyl groups excluding tert-OH is 1. The van der Waals surface area contributed by atoms with Crippen molar-refractivity contribution in [3.05, 3.63) is 0 Å². The van der Waals surface area contributed by atoms with Crippen molar-refractivity contribution in [1.82, 2.24) is 0 Å². The van der Waals surface area contributed by atoms with E-state index in [1.807, 2.05) is 0 Å². The monoisotopic (exact) mass is 144 g/mol. The molecule has 0 heterocycles. The van der Waals surface area contributed by atoms with Gasteiger partial charge < -0.3 is 5.11 Å². The molecule has 0 saturated heterocycles. The molecule has 0 bridgehead atoms. The van der Waals surface area contributed by atoms with Gasteiger partial charge in [-0.05, 0) is 0 Å². The highest BCUT2D eigenvalue weighted by Crippen LogP contribution is 2.50. The van der Waals surface area contributed by atoms with Gasteiger partial charge in [-0.3, -0.25) is 0 Å². The number of hydrogen-bond acceptors (Lipinski definition) is 1. The van der Waals surface area contributed by atoms with Crippen LogP contribution in [0.15, 0.2) is 0 Å². The van der Waals surface area contributed by atoms with Gasteiger partial charge in [0, 0.05) is 6.42 Å². The minimum Gasteiger partial charge on any atom is -0.386 e. The largest absolute Gasteiger partial charge is 0.386 e. The van der Waals surface area contributed by atoms with Crippen molar-refractivity contribution in [2.45, 2.75) is 24.4 Å². The van der Waals surface area contributed by atoms with E-state index in [0.717, 1.165) is 0 Å². The van der Waals surface area contributed by atoms with Crippen LogP contribution in [0.1, 0.15) is 6.42 Å². The second-order valence-electron chi connectivity index (χ2n) is 2.05. The zero-order valence-electron chi connectivity index (χ0n) is 4.24. The van der Waals surface area contributed by atoms with Crippen LogP contribution in [-0.2, 0) is 0 Å². The zero-order chi connectivity index (χ0) is 7.28. The van der Waals surface area contributed by atoms with E-state index >= 15 is 0 Å². The zero-order valence-corrected chi connectivity index (χ0v) is 4.24. The lowest BCUT2D eigenvalue weighted by molar-refractivity contribution is -0.331. The fourth-order valence-corrected chi connectivity index (χ4v) is 0.620. The lowest BCUT2D eigenvalue weighted by atomic mass is 9.86. The minimum absolute atomic E-state index is 1.12. The summed E-state index contributed by atoms with van der Waals surface area (Å²) < 4.78 is 46.7. The second kappa shape index (κ2) is 1.39. The van der Waals surface area contributed by atoms with Crippen LogP contribution in [0.4, 0.5) is 17.6 Å². The highest BCUT2D eigenvalue weighted by molar-refractivity contribution is 5.03. The van der Waals surface area contributed by atoms with E-state index in [-0.39, 0.29) is 0 Å². The van der Waals surface area contributed by atoms with Crippen LogP contribution >= 0.6 is 0 Å². The predicted molar refractivity (Wildman–Crippen MR) is 20.5 cm³/mol. The molecule has 0 aromatic carbocycles. The minimum atomic E-state index is -4.20. The Balaban J connectivity index is 2.70. The first-order valence-electron chi connectivity index (χ1n) is 2.31. The van der Waals surface area contributed by atoms with Crippen molar-refractivity contribution in [3.63, 3.8) is 0 Å². The van der Waals surface area contributed by atoms with Gasteiger partial charge in [0.15, 0.2) is 0 Å². The van der Waals surface area contributed by atoms with Crippen molar-refractivity contribution in [2.75, 3.05) is 0 Å². The van der Waals surface area contributed by atoms with Gasteiger partial charge in [0.1, 0.15) is 6.10 Å². The van der Waals surface area contributed by atoms with Gasteiger partial charge in [0.25, 0.3) is 0 Å². The standard InChI is InChI=1S/C4H4F4O/c5-3(6)1-2(9)4(3,7)8/h2,9H,1H2/t2-/m1/s1. The Labute approximate surface area is 48.3 Å². The lowest BCUT2D eigenvalue weighted by Crippen LogP contribution is -2.62. The van der Waals surface area contributed by atoms with E-state index in [1.165, 1.54) is 0 Å². The fourth-order valence-electron chi connectivity index (χ4n) is 0.620. The summed E-state index contributed by atoms with van der Waals surface area (Å²) in [6.45, 7) is 0. The third-order valence-corrected chi connectivity index (χ3v) is 1.36. The molecule has 0 radical (unpaired) electrons. The van der Waals surface area contributed by atoms with E-state index in [4.69, 9.17) is 5.11 Å². The summed E-state index contributed by atoms with van der Waals surface area (Å²) in [5.41, 5.74) is 0. The van der Waals surface area contributed by atoms with Crippen LogP contribution in [0.3, 0.4) is 0 Å². The van der Waals surface area contributed by atoms with E-state index in [1.54, 1.807) is 0 Å². The average Bonchev–Trinajstić information content (AvgIpc) is 1.65. The van der Waals surface area contributed by atoms with Crippen LogP contribution in [0.2, 0.25) is 0 Å². The normalized spacial score (nSPS) is 37.7. The van der Waals surface area contributed by atoms with Gasteiger partial charge in [-0.2, -0.15) is 17.6 Å². The van der Waals surface area contributed by atoms with Crippen LogP contribution < -0.4 is 0 Å². The SMILES string of the molecule is O[C@@H]1CC(F)(F)C1(F)F. The number of alkyl halides is 4. The molecule has 1 rings (SSSR count). The van der Waals surface area contributed by atoms with Gasteiger partial charge in [0.2, 0.25) is 0 Å². The first-order valence-corrected chi connectivity index (χ1v) is 2.31. The second-order valence-corrected chi connectivity index (χ2v) is 2.05. The molecule has 1 aliphatic rings. The molecule has 1 fully saturated rings. The average molecular weight is 144 g/mol. The van der Waals surface area contributed by atoms with Gasteiger partial charge in [-0.15, -0.1) is 0 Å². The van der Waals surface area contributed by atoms with Gasteiger partial charge in [-0.25, -0.2) is 0 Å². The van der Waals surface area contributed by atoms with Crippen LogP contribution in [0.5, 0.6) is 0 Å². The Morgan fingerprint density at radius 2 is 1.67 bits per heavy atom. The lowest BCUT2D eigenvalue weighted by Gasteiger charge is -2.40. The summed E-state index contributed by atoms with van der Waals surface area (Å²) in [5.74, 6) is -8.20. The van der Waals surface area contributed by atoms with Crippen molar-refractivity contribution in [1.29, 1.82) is 0 Å². The Hall–Kier alpha value is -0.320. The summed E-state index contributed by atoms with van der Waals surface area (Å²) >= 11 is 0. The summed E-state index contributed by atoms with van der Waals surface area (Å²) in [6, 6.07) is 0. The fraction of sp³-hybridized carbons (Fsp3) is 1.00. The molecule has 1 atom stereocenters. The Morgan fingerprint density at radius 3 is 1.67 bits per heavy atom. The van der Waals surface area contributed by atoms with E-state index in [9.17, 15) is 17.6 Å². The van der Waals surface area contributed by atoms with E-state index in [0.29, 0.717) is 0 Å².